The van der Waals surface area contributed by atoms with Crippen molar-refractivity contribution in [1.29, 1.82) is 0 Å². The zero-order chi connectivity index (χ0) is 20.2. The lowest BCUT2D eigenvalue weighted by Crippen LogP contribution is -2.47. The number of rotatable bonds is 6. The van der Waals surface area contributed by atoms with Gasteiger partial charge in [-0.1, -0.05) is 19.1 Å². The third kappa shape index (κ3) is 5.45. The van der Waals surface area contributed by atoms with Crippen molar-refractivity contribution in [3.8, 4) is 0 Å². The largest absolute Gasteiger partial charge is 0.480 e. The Kier molecular flexibility index (Phi) is 6.45. The summed E-state index contributed by atoms with van der Waals surface area (Å²) in [6, 6.07) is 3.95. The molecule has 9 heteroatoms. The van der Waals surface area contributed by atoms with Crippen LogP contribution in [-0.2, 0) is 20.6 Å². The van der Waals surface area contributed by atoms with Gasteiger partial charge in [0.05, 0.1) is 5.56 Å². The van der Waals surface area contributed by atoms with Gasteiger partial charge in [-0.15, -0.1) is 0 Å². The molecule has 1 saturated heterocycles. The Labute approximate surface area is 154 Å². The van der Waals surface area contributed by atoms with Crippen LogP contribution in [0.15, 0.2) is 24.3 Å². The van der Waals surface area contributed by atoms with Crippen LogP contribution < -0.4 is 5.32 Å². The first-order chi connectivity index (χ1) is 12.6. The third-order valence-electron chi connectivity index (χ3n) is 4.58. The maximum atomic E-state index is 12.6. The molecule has 0 aromatic heterocycles. The molecule has 148 valence electrons. The van der Waals surface area contributed by atoms with Crippen LogP contribution in [0, 0.1) is 0 Å². The Morgan fingerprint density at radius 3 is 2.44 bits per heavy atom. The van der Waals surface area contributed by atoms with Gasteiger partial charge in [0.25, 0.3) is 0 Å². The molecule has 1 aromatic carbocycles. The molecule has 1 heterocycles. The van der Waals surface area contributed by atoms with Gasteiger partial charge >= 0.3 is 12.1 Å². The van der Waals surface area contributed by atoms with Crippen LogP contribution >= 0.6 is 0 Å². The summed E-state index contributed by atoms with van der Waals surface area (Å²) in [7, 11) is 0. The standard InChI is InChI=1S/C18H21F3N2O4/c1-11(12-4-6-13(7-5-12)18(19,20)21)9-15(24)23-8-2-3-14(23)17(27)22-10-16(25)26/h4-7,11,14H,2-3,8-10H2,1H3,(H,22,27)(H,25,26). The highest BCUT2D eigenvalue weighted by Crippen LogP contribution is 2.31. The summed E-state index contributed by atoms with van der Waals surface area (Å²) in [5, 5.41) is 10.9. The van der Waals surface area contributed by atoms with Crippen LogP contribution in [0.4, 0.5) is 13.2 Å². The highest BCUT2D eigenvalue weighted by molar-refractivity contribution is 5.90. The molecule has 0 spiro atoms. The van der Waals surface area contributed by atoms with E-state index < -0.39 is 36.2 Å². The lowest BCUT2D eigenvalue weighted by Gasteiger charge is -2.25. The zero-order valence-electron chi connectivity index (χ0n) is 14.8. The zero-order valence-corrected chi connectivity index (χ0v) is 14.8. The molecular weight excluding hydrogens is 365 g/mol. The fourth-order valence-corrected chi connectivity index (χ4v) is 3.12. The molecule has 1 fully saturated rings. The van der Waals surface area contributed by atoms with Crippen molar-refractivity contribution in [3.63, 3.8) is 0 Å². The molecule has 0 bridgehead atoms. The lowest BCUT2D eigenvalue weighted by atomic mass is 9.96. The van der Waals surface area contributed by atoms with Crippen molar-refractivity contribution in [2.24, 2.45) is 0 Å². The maximum Gasteiger partial charge on any atom is 0.416 e. The first kappa shape index (κ1) is 20.7. The number of halogens is 3. The van der Waals surface area contributed by atoms with Crippen LogP contribution in [0.5, 0.6) is 0 Å². The number of likely N-dealkylation sites (tertiary alicyclic amines) is 1. The first-order valence-electron chi connectivity index (χ1n) is 8.55. The summed E-state index contributed by atoms with van der Waals surface area (Å²) in [4.78, 5) is 36.6. The Balaban J connectivity index is 1.98. The van der Waals surface area contributed by atoms with Gasteiger partial charge in [0.2, 0.25) is 11.8 Å². The number of carbonyl (C=O) groups excluding carboxylic acids is 2. The fraction of sp³-hybridized carbons (Fsp3) is 0.500. The van der Waals surface area contributed by atoms with E-state index in [9.17, 15) is 27.6 Å². The number of hydrogen-bond donors (Lipinski definition) is 2. The van der Waals surface area contributed by atoms with E-state index in [2.05, 4.69) is 5.32 Å². The van der Waals surface area contributed by atoms with E-state index in [0.29, 0.717) is 24.9 Å². The van der Waals surface area contributed by atoms with E-state index in [4.69, 9.17) is 5.11 Å². The normalized spacial score (nSPS) is 18.2. The molecular formula is C18H21F3N2O4. The average molecular weight is 386 g/mol. The van der Waals surface area contributed by atoms with Crippen molar-refractivity contribution in [1.82, 2.24) is 10.2 Å². The average Bonchev–Trinajstić information content (AvgIpc) is 3.08. The second-order valence-corrected chi connectivity index (χ2v) is 6.58. The molecule has 1 aromatic rings. The van der Waals surface area contributed by atoms with E-state index in [1.807, 2.05) is 0 Å². The van der Waals surface area contributed by atoms with Crippen molar-refractivity contribution >= 4 is 17.8 Å². The smallest absolute Gasteiger partial charge is 0.416 e. The molecule has 2 atom stereocenters. The Bertz CT molecular complexity index is 704. The van der Waals surface area contributed by atoms with Gasteiger partial charge in [0.1, 0.15) is 12.6 Å². The molecule has 0 aliphatic carbocycles. The second-order valence-electron chi connectivity index (χ2n) is 6.58. The summed E-state index contributed by atoms with van der Waals surface area (Å²) in [6.45, 7) is 1.61. The summed E-state index contributed by atoms with van der Waals surface area (Å²) in [5.74, 6) is -2.28. The quantitative estimate of drug-likeness (QED) is 0.786. The number of benzene rings is 1. The molecule has 1 aliphatic rings. The third-order valence-corrected chi connectivity index (χ3v) is 4.58. The summed E-state index contributed by atoms with van der Waals surface area (Å²) < 4.78 is 37.9. The summed E-state index contributed by atoms with van der Waals surface area (Å²) in [5.41, 5.74) is -0.151. The lowest BCUT2D eigenvalue weighted by molar-refractivity contribution is -0.141. The molecule has 6 nitrogen and oxygen atoms in total. The topological polar surface area (TPSA) is 86.7 Å². The minimum absolute atomic E-state index is 0.0497. The SMILES string of the molecule is CC(CC(=O)N1CCCC1C(=O)NCC(=O)O)c1ccc(C(F)(F)F)cc1. The van der Waals surface area contributed by atoms with Crippen molar-refractivity contribution in [2.75, 3.05) is 13.1 Å². The second kappa shape index (κ2) is 8.41. The number of hydrogen-bond acceptors (Lipinski definition) is 3. The maximum absolute atomic E-state index is 12.6. The van der Waals surface area contributed by atoms with Gasteiger partial charge in [-0.3, -0.25) is 14.4 Å². The van der Waals surface area contributed by atoms with Crippen LogP contribution in [0.3, 0.4) is 0 Å². The molecule has 2 unspecified atom stereocenters. The van der Waals surface area contributed by atoms with E-state index in [1.54, 1.807) is 6.92 Å². The summed E-state index contributed by atoms with van der Waals surface area (Å²) >= 11 is 0. The van der Waals surface area contributed by atoms with Gasteiger partial charge in [-0.25, -0.2) is 0 Å². The number of carboxylic acids is 1. The van der Waals surface area contributed by atoms with Crippen molar-refractivity contribution in [2.45, 2.75) is 44.3 Å². The van der Waals surface area contributed by atoms with Crippen molar-refractivity contribution < 1.29 is 32.7 Å². The van der Waals surface area contributed by atoms with Crippen LogP contribution in [0.1, 0.15) is 43.2 Å². The highest BCUT2D eigenvalue weighted by atomic mass is 19.4. The van der Waals surface area contributed by atoms with Gasteiger partial charge in [-0.2, -0.15) is 13.2 Å². The molecule has 1 aliphatic heterocycles. The van der Waals surface area contributed by atoms with E-state index >= 15 is 0 Å². The minimum Gasteiger partial charge on any atom is -0.480 e. The number of aliphatic carboxylic acids is 1. The first-order valence-corrected chi connectivity index (χ1v) is 8.55. The fourth-order valence-electron chi connectivity index (χ4n) is 3.12. The van der Waals surface area contributed by atoms with Crippen LogP contribution in [-0.4, -0.2) is 46.9 Å². The molecule has 2 amide bonds. The van der Waals surface area contributed by atoms with E-state index in [0.717, 1.165) is 12.1 Å². The Hall–Kier alpha value is -2.58. The molecule has 2 rings (SSSR count). The van der Waals surface area contributed by atoms with Gasteiger partial charge in [0, 0.05) is 13.0 Å². The number of alkyl halides is 3. The number of carboxylic acid groups (broad SMARTS) is 1. The van der Waals surface area contributed by atoms with Gasteiger partial charge in [0.15, 0.2) is 0 Å². The monoisotopic (exact) mass is 386 g/mol. The molecule has 2 N–H and O–H groups in total. The molecule has 27 heavy (non-hydrogen) atoms. The number of amides is 2. The number of nitrogens with zero attached hydrogens (tertiary/aromatic N) is 1. The van der Waals surface area contributed by atoms with E-state index in [1.165, 1.54) is 17.0 Å². The van der Waals surface area contributed by atoms with Crippen LogP contribution in [0.2, 0.25) is 0 Å². The summed E-state index contributed by atoms with van der Waals surface area (Å²) in [6.07, 6.45) is -3.28. The van der Waals surface area contributed by atoms with Gasteiger partial charge < -0.3 is 15.3 Å². The molecule has 0 radical (unpaired) electrons. The number of carbonyl (C=O) groups is 3. The minimum atomic E-state index is -4.41. The predicted octanol–water partition coefficient (Wildman–Crippen LogP) is 2.39. The number of nitrogens with one attached hydrogen (secondary N) is 1. The Morgan fingerprint density at radius 1 is 1.26 bits per heavy atom. The Morgan fingerprint density at radius 2 is 1.89 bits per heavy atom. The highest BCUT2D eigenvalue weighted by Gasteiger charge is 2.35. The predicted molar refractivity (Wildman–Crippen MR) is 89.9 cm³/mol. The molecule has 0 saturated carbocycles. The van der Waals surface area contributed by atoms with Crippen molar-refractivity contribution in [3.05, 3.63) is 35.4 Å². The van der Waals surface area contributed by atoms with Crippen LogP contribution in [0.25, 0.3) is 0 Å². The van der Waals surface area contributed by atoms with E-state index in [-0.39, 0.29) is 18.2 Å². The van der Waals surface area contributed by atoms with Gasteiger partial charge in [-0.05, 0) is 36.5 Å².